The number of aromatic nitrogens is 2. The maximum Gasteiger partial charge on any atom is 0.244 e. The predicted octanol–water partition coefficient (Wildman–Crippen LogP) is 1.42. The summed E-state index contributed by atoms with van der Waals surface area (Å²) in [5.41, 5.74) is 0.569. The van der Waals surface area contributed by atoms with Crippen LogP contribution in [-0.2, 0) is 16.1 Å². The minimum atomic E-state index is -0.123. The molecule has 6 heteroatoms. The quantitative estimate of drug-likeness (QED) is 0.856. The van der Waals surface area contributed by atoms with Crippen LogP contribution in [0.3, 0.4) is 0 Å². The Bertz CT molecular complexity index is 748. The first kappa shape index (κ1) is 15.7. The lowest BCUT2D eigenvalue weighted by atomic mass is 10.1. The van der Waals surface area contributed by atoms with Crippen LogP contribution in [0.1, 0.15) is 19.8 Å². The van der Waals surface area contributed by atoms with Crippen molar-refractivity contribution < 1.29 is 9.53 Å². The summed E-state index contributed by atoms with van der Waals surface area (Å²) in [5.74, 6) is 0.0289. The van der Waals surface area contributed by atoms with Crippen LogP contribution < -0.4 is 5.43 Å². The number of carbonyl (C=O) groups excluding carboxylic acids is 1. The average molecular weight is 315 g/mol. The van der Waals surface area contributed by atoms with E-state index in [1.165, 1.54) is 6.20 Å². The van der Waals surface area contributed by atoms with Gasteiger partial charge in [0.25, 0.3) is 0 Å². The van der Waals surface area contributed by atoms with Crippen LogP contribution >= 0.6 is 0 Å². The molecule has 2 heterocycles. The van der Waals surface area contributed by atoms with Crippen molar-refractivity contribution in [2.24, 2.45) is 0 Å². The monoisotopic (exact) mass is 315 g/mol. The lowest BCUT2D eigenvalue weighted by molar-refractivity contribution is -0.134. The number of amides is 1. The molecule has 1 aliphatic rings. The fraction of sp³-hybridized carbons (Fsp3) is 0.471. The van der Waals surface area contributed by atoms with E-state index in [4.69, 9.17) is 4.74 Å². The third-order valence-corrected chi connectivity index (χ3v) is 4.24. The Morgan fingerprint density at radius 3 is 2.78 bits per heavy atom. The molecule has 0 spiro atoms. The molecule has 0 aliphatic carbocycles. The van der Waals surface area contributed by atoms with Gasteiger partial charge in [-0.2, -0.15) is 5.10 Å². The Morgan fingerprint density at radius 1 is 1.30 bits per heavy atom. The van der Waals surface area contributed by atoms with Crippen molar-refractivity contribution in [2.45, 2.75) is 32.4 Å². The number of hydrogen-bond donors (Lipinski definition) is 0. The number of para-hydroxylation sites is 1. The Kier molecular flexibility index (Phi) is 4.71. The normalized spacial score (nSPS) is 16.0. The second-order valence-corrected chi connectivity index (χ2v) is 5.72. The van der Waals surface area contributed by atoms with E-state index in [-0.39, 0.29) is 24.0 Å². The maximum absolute atomic E-state index is 12.5. The Balaban J connectivity index is 1.72. The second kappa shape index (κ2) is 6.91. The van der Waals surface area contributed by atoms with Gasteiger partial charge in [-0.15, -0.1) is 0 Å². The van der Waals surface area contributed by atoms with Crippen molar-refractivity contribution in [2.75, 3.05) is 19.7 Å². The summed E-state index contributed by atoms with van der Waals surface area (Å²) in [6, 6.07) is 7.23. The summed E-state index contributed by atoms with van der Waals surface area (Å²) in [6.45, 7) is 4.28. The molecule has 3 rings (SSSR count). The summed E-state index contributed by atoms with van der Waals surface area (Å²) in [4.78, 5) is 26.2. The zero-order valence-corrected chi connectivity index (χ0v) is 13.3. The van der Waals surface area contributed by atoms with Gasteiger partial charge in [0.2, 0.25) is 11.3 Å². The minimum Gasteiger partial charge on any atom is -0.378 e. The van der Waals surface area contributed by atoms with Crippen molar-refractivity contribution in [3.63, 3.8) is 0 Å². The zero-order chi connectivity index (χ0) is 16.2. The second-order valence-electron chi connectivity index (χ2n) is 5.72. The zero-order valence-electron chi connectivity index (χ0n) is 13.3. The summed E-state index contributed by atoms with van der Waals surface area (Å²) in [7, 11) is 0. The van der Waals surface area contributed by atoms with Gasteiger partial charge < -0.3 is 9.64 Å². The number of piperidine rings is 1. The number of likely N-dealkylation sites (tertiary alicyclic amines) is 1. The highest BCUT2D eigenvalue weighted by Gasteiger charge is 2.23. The van der Waals surface area contributed by atoms with Crippen LogP contribution in [0.25, 0.3) is 10.9 Å². The van der Waals surface area contributed by atoms with E-state index in [0.29, 0.717) is 30.6 Å². The fourth-order valence-corrected chi connectivity index (χ4v) is 3.02. The third kappa shape index (κ3) is 3.42. The molecule has 1 fully saturated rings. The molecule has 1 aromatic carbocycles. The molecular weight excluding hydrogens is 294 g/mol. The van der Waals surface area contributed by atoms with Gasteiger partial charge >= 0.3 is 0 Å². The number of hydrogen-bond acceptors (Lipinski definition) is 4. The maximum atomic E-state index is 12.5. The minimum absolute atomic E-state index is 0.0289. The summed E-state index contributed by atoms with van der Waals surface area (Å²) >= 11 is 0. The van der Waals surface area contributed by atoms with Crippen LogP contribution in [0, 0.1) is 0 Å². The molecule has 1 aromatic heterocycles. The third-order valence-electron chi connectivity index (χ3n) is 4.24. The molecule has 1 amide bonds. The molecule has 1 saturated heterocycles. The lowest BCUT2D eigenvalue weighted by Gasteiger charge is -2.32. The molecule has 23 heavy (non-hydrogen) atoms. The van der Waals surface area contributed by atoms with E-state index < -0.39 is 0 Å². The number of ether oxygens (including phenoxy) is 1. The molecule has 0 unspecified atom stereocenters. The summed E-state index contributed by atoms with van der Waals surface area (Å²) in [6.07, 6.45) is 3.28. The number of nitrogens with zero attached hydrogens (tertiary/aromatic N) is 3. The Hall–Kier alpha value is -2.21. The molecule has 122 valence electrons. The van der Waals surface area contributed by atoms with Crippen molar-refractivity contribution in [1.82, 2.24) is 14.7 Å². The van der Waals surface area contributed by atoms with Crippen molar-refractivity contribution in [3.05, 3.63) is 40.7 Å². The van der Waals surface area contributed by atoms with Crippen molar-refractivity contribution in [3.8, 4) is 0 Å². The van der Waals surface area contributed by atoms with Gasteiger partial charge in [-0.25, -0.2) is 0 Å². The Morgan fingerprint density at radius 2 is 2.04 bits per heavy atom. The van der Waals surface area contributed by atoms with Crippen LogP contribution in [0.2, 0.25) is 0 Å². The fourth-order valence-electron chi connectivity index (χ4n) is 3.02. The van der Waals surface area contributed by atoms with Gasteiger partial charge in [-0.3, -0.25) is 14.3 Å². The molecule has 0 radical (unpaired) electrons. The van der Waals surface area contributed by atoms with E-state index >= 15 is 0 Å². The van der Waals surface area contributed by atoms with Crippen molar-refractivity contribution in [1.29, 1.82) is 0 Å². The average Bonchev–Trinajstić information content (AvgIpc) is 2.58. The van der Waals surface area contributed by atoms with E-state index in [2.05, 4.69) is 5.10 Å². The number of carbonyl (C=O) groups is 1. The van der Waals surface area contributed by atoms with Crippen LogP contribution in [-0.4, -0.2) is 46.4 Å². The van der Waals surface area contributed by atoms with Gasteiger partial charge in [0, 0.05) is 25.1 Å². The van der Waals surface area contributed by atoms with Crippen LogP contribution in [0.15, 0.2) is 35.3 Å². The van der Waals surface area contributed by atoms with Gasteiger partial charge in [0.05, 0.1) is 17.8 Å². The van der Waals surface area contributed by atoms with Crippen molar-refractivity contribution >= 4 is 16.8 Å². The van der Waals surface area contributed by atoms with Gasteiger partial charge in [0.15, 0.2) is 0 Å². The standard InChI is InChI=1S/C17H21N3O3/c1-2-23-13-7-9-19(10-8-13)17(22)12-20-15-6-4-3-5-14(15)16(21)11-18-20/h3-6,11,13H,2,7-10,12H2,1H3. The molecule has 2 aromatic rings. The first-order valence-electron chi connectivity index (χ1n) is 8.03. The van der Waals surface area contributed by atoms with Gasteiger partial charge in [-0.05, 0) is 31.9 Å². The first-order valence-corrected chi connectivity index (χ1v) is 8.03. The molecule has 0 atom stereocenters. The van der Waals surface area contributed by atoms with Gasteiger partial charge in [0.1, 0.15) is 6.54 Å². The number of rotatable bonds is 4. The molecule has 0 bridgehead atoms. The van der Waals surface area contributed by atoms with E-state index in [0.717, 1.165) is 12.8 Å². The Labute approximate surface area is 134 Å². The molecular formula is C17H21N3O3. The molecule has 1 aliphatic heterocycles. The molecule has 0 saturated carbocycles. The SMILES string of the molecule is CCOC1CCN(C(=O)Cn2ncc(=O)c3ccccc32)CC1. The van der Waals surface area contributed by atoms with E-state index in [1.54, 1.807) is 10.7 Å². The lowest BCUT2D eigenvalue weighted by Crippen LogP contribution is -2.42. The highest BCUT2D eigenvalue weighted by Crippen LogP contribution is 2.15. The van der Waals surface area contributed by atoms with Crippen LogP contribution in [0.4, 0.5) is 0 Å². The topological polar surface area (TPSA) is 64.4 Å². The van der Waals surface area contributed by atoms with Crippen LogP contribution in [0.5, 0.6) is 0 Å². The summed E-state index contributed by atoms with van der Waals surface area (Å²) < 4.78 is 7.21. The van der Waals surface area contributed by atoms with E-state index in [9.17, 15) is 9.59 Å². The highest BCUT2D eigenvalue weighted by atomic mass is 16.5. The molecule has 6 nitrogen and oxygen atoms in total. The largest absolute Gasteiger partial charge is 0.378 e. The van der Waals surface area contributed by atoms with E-state index in [1.807, 2.05) is 30.0 Å². The smallest absolute Gasteiger partial charge is 0.244 e. The summed E-state index contributed by atoms with van der Waals surface area (Å²) in [5, 5.41) is 4.71. The highest BCUT2D eigenvalue weighted by molar-refractivity contribution is 5.81. The first-order chi connectivity index (χ1) is 11.2. The predicted molar refractivity (Wildman–Crippen MR) is 87.2 cm³/mol. The van der Waals surface area contributed by atoms with Gasteiger partial charge in [-0.1, -0.05) is 12.1 Å². The number of benzene rings is 1. The molecule has 0 N–H and O–H groups in total. The number of fused-ring (bicyclic) bond motifs is 1.